The molecule has 1 atom stereocenters. The highest BCUT2D eigenvalue weighted by atomic mass is 16.1. The Bertz CT molecular complexity index is 549. The number of hydrogen-bond acceptors (Lipinski definition) is 2. The van der Waals surface area contributed by atoms with Crippen molar-refractivity contribution in [2.75, 3.05) is 0 Å². The molecule has 1 aromatic carbocycles. The number of pyridine rings is 1. The SMILES string of the molecule is CCC(C)c1ccc(CNC(=O)c2cccnc2)cc1. The predicted octanol–water partition coefficient (Wildman–Crippen LogP) is 3.53. The molecular weight excluding hydrogens is 248 g/mol. The Morgan fingerprint density at radius 1 is 1.25 bits per heavy atom. The normalized spacial score (nSPS) is 11.9. The van der Waals surface area contributed by atoms with Crippen LogP contribution in [-0.4, -0.2) is 10.9 Å². The van der Waals surface area contributed by atoms with Crippen LogP contribution < -0.4 is 5.32 Å². The quantitative estimate of drug-likeness (QED) is 0.901. The molecule has 1 N–H and O–H groups in total. The van der Waals surface area contributed by atoms with Crippen LogP contribution in [0.1, 0.15) is 47.7 Å². The van der Waals surface area contributed by atoms with Gasteiger partial charge in [0.05, 0.1) is 5.56 Å². The summed E-state index contributed by atoms with van der Waals surface area (Å²) in [5.74, 6) is 0.484. The van der Waals surface area contributed by atoms with E-state index in [2.05, 4.69) is 48.4 Å². The Morgan fingerprint density at radius 3 is 2.60 bits per heavy atom. The summed E-state index contributed by atoms with van der Waals surface area (Å²) < 4.78 is 0. The number of benzene rings is 1. The lowest BCUT2D eigenvalue weighted by Crippen LogP contribution is -2.22. The van der Waals surface area contributed by atoms with Crippen molar-refractivity contribution in [3.8, 4) is 0 Å². The monoisotopic (exact) mass is 268 g/mol. The van der Waals surface area contributed by atoms with Crippen molar-refractivity contribution in [1.82, 2.24) is 10.3 Å². The minimum Gasteiger partial charge on any atom is -0.348 e. The first-order valence-corrected chi connectivity index (χ1v) is 6.97. The molecule has 0 aliphatic heterocycles. The molecule has 0 fully saturated rings. The maximum absolute atomic E-state index is 11.9. The van der Waals surface area contributed by atoms with Gasteiger partial charge in [-0.15, -0.1) is 0 Å². The number of rotatable bonds is 5. The van der Waals surface area contributed by atoms with Crippen molar-refractivity contribution >= 4 is 5.91 Å². The van der Waals surface area contributed by atoms with Gasteiger partial charge in [0, 0.05) is 18.9 Å². The Balaban J connectivity index is 1.93. The number of carbonyl (C=O) groups is 1. The summed E-state index contributed by atoms with van der Waals surface area (Å²) in [6, 6.07) is 11.9. The van der Waals surface area contributed by atoms with Gasteiger partial charge in [0.1, 0.15) is 0 Å². The van der Waals surface area contributed by atoms with Crippen LogP contribution in [0.3, 0.4) is 0 Å². The zero-order valence-corrected chi connectivity index (χ0v) is 12.0. The van der Waals surface area contributed by atoms with E-state index in [0.717, 1.165) is 12.0 Å². The average molecular weight is 268 g/mol. The highest BCUT2D eigenvalue weighted by Gasteiger charge is 2.05. The summed E-state index contributed by atoms with van der Waals surface area (Å²) in [6.07, 6.45) is 4.36. The van der Waals surface area contributed by atoms with Gasteiger partial charge < -0.3 is 5.32 Å². The first kappa shape index (κ1) is 14.3. The van der Waals surface area contributed by atoms with Crippen LogP contribution in [0.2, 0.25) is 0 Å². The molecule has 1 unspecified atom stereocenters. The first-order chi connectivity index (χ1) is 9.70. The van der Waals surface area contributed by atoms with E-state index in [1.54, 1.807) is 24.5 Å². The number of amides is 1. The second-order valence-corrected chi connectivity index (χ2v) is 4.98. The van der Waals surface area contributed by atoms with E-state index in [-0.39, 0.29) is 5.91 Å². The third-order valence-corrected chi connectivity index (χ3v) is 3.54. The largest absolute Gasteiger partial charge is 0.348 e. The smallest absolute Gasteiger partial charge is 0.253 e. The molecule has 0 spiro atoms. The third kappa shape index (κ3) is 3.67. The highest BCUT2D eigenvalue weighted by molar-refractivity contribution is 5.93. The van der Waals surface area contributed by atoms with E-state index < -0.39 is 0 Å². The molecule has 1 aromatic heterocycles. The van der Waals surface area contributed by atoms with E-state index in [9.17, 15) is 4.79 Å². The van der Waals surface area contributed by atoms with E-state index in [4.69, 9.17) is 0 Å². The number of nitrogens with zero attached hydrogens (tertiary/aromatic N) is 1. The lowest BCUT2D eigenvalue weighted by atomic mass is 9.98. The fraction of sp³-hybridized carbons (Fsp3) is 0.294. The second kappa shape index (κ2) is 6.85. The molecular formula is C17H20N2O. The molecule has 1 amide bonds. The molecule has 0 radical (unpaired) electrons. The minimum absolute atomic E-state index is 0.0934. The number of carbonyl (C=O) groups excluding carboxylic acids is 1. The molecule has 3 nitrogen and oxygen atoms in total. The second-order valence-electron chi connectivity index (χ2n) is 4.98. The number of hydrogen-bond donors (Lipinski definition) is 1. The van der Waals surface area contributed by atoms with Crippen molar-refractivity contribution in [3.63, 3.8) is 0 Å². The van der Waals surface area contributed by atoms with E-state index in [0.29, 0.717) is 18.0 Å². The summed E-state index contributed by atoms with van der Waals surface area (Å²) in [5.41, 5.74) is 3.04. The molecule has 104 valence electrons. The molecule has 0 saturated heterocycles. The molecule has 0 saturated carbocycles. The van der Waals surface area contributed by atoms with Gasteiger partial charge in [-0.3, -0.25) is 9.78 Å². The highest BCUT2D eigenvalue weighted by Crippen LogP contribution is 2.18. The van der Waals surface area contributed by atoms with Crippen molar-refractivity contribution in [3.05, 3.63) is 65.5 Å². The summed E-state index contributed by atoms with van der Waals surface area (Å²) in [7, 11) is 0. The molecule has 0 aliphatic carbocycles. The Kier molecular flexibility index (Phi) is 4.88. The summed E-state index contributed by atoms with van der Waals surface area (Å²) in [4.78, 5) is 15.8. The molecule has 3 heteroatoms. The third-order valence-electron chi connectivity index (χ3n) is 3.54. The lowest BCUT2D eigenvalue weighted by Gasteiger charge is -2.10. The zero-order valence-electron chi connectivity index (χ0n) is 12.0. The van der Waals surface area contributed by atoms with Crippen LogP contribution in [0, 0.1) is 0 Å². The van der Waals surface area contributed by atoms with Crippen LogP contribution in [-0.2, 0) is 6.54 Å². The maximum atomic E-state index is 11.9. The summed E-state index contributed by atoms with van der Waals surface area (Å²) in [6.45, 7) is 4.94. The zero-order chi connectivity index (χ0) is 14.4. The fourth-order valence-corrected chi connectivity index (χ4v) is 1.98. The van der Waals surface area contributed by atoms with Crippen LogP contribution >= 0.6 is 0 Å². The Hall–Kier alpha value is -2.16. The van der Waals surface area contributed by atoms with Gasteiger partial charge in [-0.1, -0.05) is 38.1 Å². The van der Waals surface area contributed by atoms with Crippen molar-refractivity contribution < 1.29 is 4.79 Å². The van der Waals surface area contributed by atoms with Crippen molar-refractivity contribution in [1.29, 1.82) is 0 Å². The van der Waals surface area contributed by atoms with Gasteiger partial charge in [-0.05, 0) is 35.6 Å². The van der Waals surface area contributed by atoms with Crippen LogP contribution in [0.5, 0.6) is 0 Å². The topological polar surface area (TPSA) is 42.0 Å². The van der Waals surface area contributed by atoms with Crippen LogP contribution in [0.4, 0.5) is 0 Å². The van der Waals surface area contributed by atoms with E-state index in [1.807, 2.05) is 0 Å². The van der Waals surface area contributed by atoms with Gasteiger partial charge in [0.2, 0.25) is 0 Å². The predicted molar refractivity (Wildman–Crippen MR) is 80.6 cm³/mol. The van der Waals surface area contributed by atoms with Gasteiger partial charge >= 0.3 is 0 Å². The van der Waals surface area contributed by atoms with Crippen molar-refractivity contribution in [2.45, 2.75) is 32.7 Å². The lowest BCUT2D eigenvalue weighted by molar-refractivity contribution is 0.0950. The molecule has 0 aliphatic rings. The number of nitrogens with one attached hydrogen (secondary N) is 1. The molecule has 2 aromatic rings. The van der Waals surface area contributed by atoms with Gasteiger partial charge in [0.15, 0.2) is 0 Å². The van der Waals surface area contributed by atoms with Crippen LogP contribution in [0.25, 0.3) is 0 Å². The van der Waals surface area contributed by atoms with Crippen LogP contribution in [0.15, 0.2) is 48.8 Å². The Morgan fingerprint density at radius 2 is 2.00 bits per heavy atom. The van der Waals surface area contributed by atoms with E-state index in [1.165, 1.54) is 5.56 Å². The molecule has 2 rings (SSSR count). The maximum Gasteiger partial charge on any atom is 0.253 e. The Labute approximate surface area is 120 Å². The first-order valence-electron chi connectivity index (χ1n) is 6.97. The van der Waals surface area contributed by atoms with Gasteiger partial charge in [0.25, 0.3) is 5.91 Å². The van der Waals surface area contributed by atoms with Gasteiger partial charge in [-0.2, -0.15) is 0 Å². The van der Waals surface area contributed by atoms with Gasteiger partial charge in [-0.25, -0.2) is 0 Å². The average Bonchev–Trinajstić information content (AvgIpc) is 2.53. The molecule has 1 heterocycles. The number of aromatic nitrogens is 1. The standard InChI is InChI=1S/C17H20N2O/c1-3-13(2)15-8-6-14(7-9-15)11-19-17(20)16-5-4-10-18-12-16/h4-10,12-13H,3,11H2,1-2H3,(H,19,20). The fourth-order valence-electron chi connectivity index (χ4n) is 1.98. The minimum atomic E-state index is -0.0934. The molecule has 20 heavy (non-hydrogen) atoms. The van der Waals surface area contributed by atoms with Crippen molar-refractivity contribution in [2.24, 2.45) is 0 Å². The summed E-state index contributed by atoms with van der Waals surface area (Å²) in [5, 5.41) is 2.90. The van der Waals surface area contributed by atoms with E-state index >= 15 is 0 Å². The molecule has 0 bridgehead atoms. The summed E-state index contributed by atoms with van der Waals surface area (Å²) >= 11 is 0.